The van der Waals surface area contributed by atoms with Gasteiger partial charge in [0.15, 0.2) is 6.61 Å². The molecular weight excluding hydrogens is 278 g/mol. The van der Waals surface area contributed by atoms with Crippen LogP contribution in [0.25, 0.3) is 10.9 Å². The molecular formula is C17H25N3O2. The van der Waals surface area contributed by atoms with Crippen LogP contribution in [0.4, 0.5) is 0 Å². The molecule has 0 saturated heterocycles. The summed E-state index contributed by atoms with van der Waals surface area (Å²) >= 11 is 0. The van der Waals surface area contributed by atoms with Crippen LogP contribution in [-0.2, 0) is 11.2 Å². The molecule has 0 fully saturated rings. The Kier molecular flexibility index (Phi) is 5.44. The van der Waals surface area contributed by atoms with E-state index in [2.05, 4.69) is 4.98 Å². The number of amides is 1. The number of nitrogens with one attached hydrogen (secondary N) is 1. The lowest BCUT2D eigenvalue weighted by atomic mass is 10.1. The highest BCUT2D eigenvalue weighted by atomic mass is 16.5. The van der Waals surface area contributed by atoms with Crippen molar-refractivity contribution in [1.82, 2.24) is 9.88 Å². The third kappa shape index (κ3) is 3.80. The van der Waals surface area contributed by atoms with E-state index < -0.39 is 0 Å². The summed E-state index contributed by atoms with van der Waals surface area (Å²) in [7, 11) is 0. The summed E-state index contributed by atoms with van der Waals surface area (Å²) in [5.74, 6) is 0.705. The average molecular weight is 303 g/mol. The van der Waals surface area contributed by atoms with Crippen LogP contribution in [0.5, 0.6) is 5.75 Å². The Morgan fingerprint density at radius 2 is 2.09 bits per heavy atom. The first-order valence-corrected chi connectivity index (χ1v) is 7.81. The molecule has 0 bridgehead atoms. The number of fused-ring (bicyclic) bond motifs is 1. The van der Waals surface area contributed by atoms with E-state index in [1.54, 1.807) is 4.90 Å². The summed E-state index contributed by atoms with van der Waals surface area (Å²) in [5, 5.41) is 1.15. The van der Waals surface area contributed by atoms with Crippen LogP contribution in [0.15, 0.2) is 24.4 Å². The number of aromatic amines is 1. The van der Waals surface area contributed by atoms with Gasteiger partial charge in [-0.05, 0) is 44.9 Å². The third-order valence-corrected chi connectivity index (χ3v) is 3.76. The fourth-order valence-electron chi connectivity index (χ4n) is 2.58. The molecule has 0 unspecified atom stereocenters. The van der Waals surface area contributed by atoms with Crippen LogP contribution in [0.3, 0.4) is 0 Å². The highest BCUT2D eigenvalue weighted by molar-refractivity contribution is 5.84. The van der Waals surface area contributed by atoms with Gasteiger partial charge in [0.25, 0.3) is 5.91 Å². The molecule has 0 aliphatic heterocycles. The van der Waals surface area contributed by atoms with Gasteiger partial charge in [0.05, 0.1) is 0 Å². The van der Waals surface area contributed by atoms with Crippen molar-refractivity contribution in [3.05, 3.63) is 30.0 Å². The minimum absolute atomic E-state index is 0.00854. The SMILES string of the molecule is CCN(CC)C(=O)COc1ccc2c(C[C@H](C)N)c[nH]c2c1. The third-order valence-electron chi connectivity index (χ3n) is 3.76. The largest absolute Gasteiger partial charge is 0.484 e. The number of H-pyrrole nitrogens is 1. The van der Waals surface area contributed by atoms with Gasteiger partial charge in [-0.3, -0.25) is 4.79 Å². The van der Waals surface area contributed by atoms with Gasteiger partial charge in [-0.1, -0.05) is 0 Å². The van der Waals surface area contributed by atoms with Crippen LogP contribution in [-0.4, -0.2) is 41.5 Å². The normalized spacial score (nSPS) is 12.4. The standard InChI is InChI=1S/C17H25N3O2/c1-4-20(5-2)17(21)11-22-14-6-7-15-13(8-12(3)18)10-19-16(15)9-14/h6-7,9-10,12,19H,4-5,8,11,18H2,1-3H3/t12-/m0/s1. The number of nitrogens with zero attached hydrogens (tertiary/aromatic N) is 1. The smallest absolute Gasteiger partial charge is 0.260 e. The second-order valence-corrected chi connectivity index (χ2v) is 5.56. The molecule has 0 aliphatic carbocycles. The predicted molar refractivity (Wildman–Crippen MR) is 89.1 cm³/mol. The van der Waals surface area contributed by atoms with E-state index in [0.717, 1.165) is 17.3 Å². The molecule has 2 aromatic rings. The fourth-order valence-corrected chi connectivity index (χ4v) is 2.58. The van der Waals surface area contributed by atoms with Gasteiger partial charge in [-0.15, -0.1) is 0 Å². The number of hydrogen-bond donors (Lipinski definition) is 2. The van der Waals surface area contributed by atoms with Crippen LogP contribution < -0.4 is 10.5 Å². The number of nitrogens with two attached hydrogens (primary N) is 1. The molecule has 1 aromatic carbocycles. The molecule has 3 N–H and O–H groups in total. The zero-order valence-electron chi connectivity index (χ0n) is 13.6. The van der Waals surface area contributed by atoms with Crippen molar-refractivity contribution in [1.29, 1.82) is 0 Å². The Balaban J connectivity index is 2.06. The van der Waals surface area contributed by atoms with Gasteiger partial charge >= 0.3 is 0 Å². The van der Waals surface area contributed by atoms with Crippen molar-refractivity contribution in [3.8, 4) is 5.75 Å². The second-order valence-electron chi connectivity index (χ2n) is 5.56. The highest BCUT2D eigenvalue weighted by Crippen LogP contribution is 2.24. The molecule has 120 valence electrons. The monoisotopic (exact) mass is 303 g/mol. The first kappa shape index (κ1) is 16.4. The van der Waals surface area contributed by atoms with Gasteiger partial charge in [0, 0.05) is 42.3 Å². The number of aromatic nitrogens is 1. The zero-order valence-corrected chi connectivity index (χ0v) is 13.6. The summed E-state index contributed by atoms with van der Waals surface area (Å²) in [6.45, 7) is 7.40. The molecule has 5 heteroatoms. The van der Waals surface area contributed by atoms with Crippen molar-refractivity contribution in [2.75, 3.05) is 19.7 Å². The number of carbonyl (C=O) groups is 1. The van der Waals surface area contributed by atoms with E-state index in [-0.39, 0.29) is 18.6 Å². The number of ether oxygens (including phenoxy) is 1. The molecule has 1 aromatic heterocycles. The maximum atomic E-state index is 11.9. The Hall–Kier alpha value is -2.01. The van der Waals surface area contributed by atoms with E-state index in [0.29, 0.717) is 18.8 Å². The van der Waals surface area contributed by atoms with Crippen molar-refractivity contribution in [3.63, 3.8) is 0 Å². The zero-order chi connectivity index (χ0) is 16.1. The average Bonchev–Trinajstić information content (AvgIpc) is 2.88. The Bertz CT molecular complexity index is 630. The summed E-state index contributed by atoms with van der Waals surface area (Å²) in [5.41, 5.74) is 8.07. The van der Waals surface area contributed by atoms with E-state index in [1.165, 1.54) is 5.56 Å². The number of likely N-dealkylation sites (N-methyl/N-ethyl adjacent to an activating group) is 1. The van der Waals surface area contributed by atoms with Gasteiger partial charge in [-0.2, -0.15) is 0 Å². The summed E-state index contributed by atoms with van der Waals surface area (Å²) in [4.78, 5) is 16.9. The lowest BCUT2D eigenvalue weighted by Crippen LogP contribution is -2.34. The maximum Gasteiger partial charge on any atom is 0.260 e. The molecule has 22 heavy (non-hydrogen) atoms. The molecule has 0 aliphatic rings. The highest BCUT2D eigenvalue weighted by Gasteiger charge is 2.11. The minimum Gasteiger partial charge on any atom is -0.484 e. The van der Waals surface area contributed by atoms with Crippen molar-refractivity contribution in [2.24, 2.45) is 5.73 Å². The van der Waals surface area contributed by atoms with E-state index >= 15 is 0 Å². The molecule has 0 saturated carbocycles. The van der Waals surface area contributed by atoms with Crippen LogP contribution in [0.2, 0.25) is 0 Å². The molecule has 0 radical (unpaired) electrons. The lowest BCUT2D eigenvalue weighted by molar-refractivity contribution is -0.132. The van der Waals surface area contributed by atoms with Crippen molar-refractivity contribution < 1.29 is 9.53 Å². The van der Waals surface area contributed by atoms with Crippen molar-refractivity contribution in [2.45, 2.75) is 33.2 Å². The molecule has 2 rings (SSSR count). The predicted octanol–water partition coefficient (Wildman–Crippen LogP) is 2.30. The minimum atomic E-state index is 0.00854. The Labute approximate surface area is 131 Å². The van der Waals surface area contributed by atoms with Crippen LogP contribution >= 0.6 is 0 Å². The quantitative estimate of drug-likeness (QED) is 0.824. The van der Waals surface area contributed by atoms with Gasteiger partial charge in [0.2, 0.25) is 0 Å². The van der Waals surface area contributed by atoms with Gasteiger partial charge in [-0.25, -0.2) is 0 Å². The number of rotatable bonds is 7. The molecule has 1 heterocycles. The second kappa shape index (κ2) is 7.31. The number of hydrogen-bond acceptors (Lipinski definition) is 3. The summed E-state index contributed by atoms with van der Waals surface area (Å²) < 4.78 is 5.61. The lowest BCUT2D eigenvalue weighted by Gasteiger charge is -2.18. The molecule has 5 nitrogen and oxygen atoms in total. The number of benzene rings is 1. The first-order valence-electron chi connectivity index (χ1n) is 7.81. The van der Waals surface area contributed by atoms with E-state index in [4.69, 9.17) is 10.5 Å². The number of carbonyl (C=O) groups excluding carboxylic acids is 1. The van der Waals surface area contributed by atoms with Crippen LogP contribution in [0.1, 0.15) is 26.3 Å². The Morgan fingerprint density at radius 1 is 1.36 bits per heavy atom. The Morgan fingerprint density at radius 3 is 2.73 bits per heavy atom. The molecule has 0 spiro atoms. The fraction of sp³-hybridized carbons (Fsp3) is 0.471. The van der Waals surface area contributed by atoms with Crippen LogP contribution in [0, 0.1) is 0 Å². The summed E-state index contributed by atoms with van der Waals surface area (Å²) in [6.07, 6.45) is 2.82. The van der Waals surface area contributed by atoms with E-state index in [1.807, 2.05) is 45.2 Å². The van der Waals surface area contributed by atoms with Gasteiger partial charge in [0.1, 0.15) is 5.75 Å². The van der Waals surface area contributed by atoms with Crippen molar-refractivity contribution >= 4 is 16.8 Å². The molecule has 1 amide bonds. The topological polar surface area (TPSA) is 71.3 Å². The van der Waals surface area contributed by atoms with Gasteiger partial charge < -0.3 is 20.4 Å². The first-order chi connectivity index (χ1) is 10.5. The molecule has 1 atom stereocenters. The van der Waals surface area contributed by atoms with E-state index in [9.17, 15) is 4.79 Å². The maximum absolute atomic E-state index is 11.9. The summed E-state index contributed by atoms with van der Waals surface area (Å²) in [6, 6.07) is 5.97.